The van der Waals surface area contributed by atoms with Crippen LogP contribution in [-0.4, -0.2) is 34.0 Å². The number of carboxylic acids is 2. The fourth-order valence-corrected chi connectivity index (χ4v) is 5.16. The second-order valence-electron chi connectivity index (χ2n) is 8.23. The molecule has 0 aliphatic rings. The van der Waals surface area contributed by atoms with Crippen LogP contribution in [0.15, 0.2) is 106 Å². The largest absolute Gasteiger partial charge is 0.478 e. The molecule has 8 nitrogen and oxygen atoms in total. The van der Waals surface area contributed by atoms with Gasteiger partial charge in [-0.15, -0.1) is 11.8 Å². The van der Waals surface area contributed by atoms with Gasteiger partial charge < -0.3 is 20.8 Å². The third-order valence-corrected chi connectivity index (χ3v) is 7.50. The third kappa shape index (κ3) is 6.92. The van der Waals surface area contributed by atoms with E-state index in [1.165, 1.54) is 23.9 Å². The molecule has 0 aliphatic carbocycles. The highest BCUT2D eigenvalue weighted by Crippen LogP contribution is 2.37. The van der Waals surface area contributed by atoms with Gasteiger partial charge in [0, 0.05) is 15.1 Å². The normalized spacial score (nSPS) is 11.3. The molecular weight excluding hydrogens is 584 g/mol. The summed E-state index contributed by atoms with van der Waals surface area (Å²) in [6, 6.07) is 26.7. The number of hydrogen-bond acceptors (Lipinski definition) is 5. The number of benzene rings is 4. The van der Waals surface area contributed by atoms with E-state index in [1.54, 1.807) is 30.3 Å². The summed E-state index contributed by atoms with van der Waals surface area (Å²) in [6.07, 6.45) is 0. The number of carbonyl (C=O) groups is 4. The second kappa shape index (κ2) is 12.4. The van der Waals surface area contributed by atoms with Gasteiger partial charge in [0.25, 0.3) is 5.91 Å². The predicted octanol–water partition coefficient (Wildman–Crippen LogP) is 6.57. The Labute approximate surface area is 236 Å². The van der Waals surface area contributed by atoms with Crippen LogP contribution in [0.3, 0.4) is 0 Å². The van der Waals surface area contributed by atoms with E-state index in [0.29, 0.717) is 16.3 Å². The minimum absolute atomic E-state index is 0.180. The summed E-state index contributed by atoms with van der Waals surface area (Å²) in [5.41, 5.74) is 0.947. The van der Waals surface area contributed by atoms with Crippen molar-refractivity contribution in [1.82, 2.24) is 0 Å². The molecule has 0 saturated carbocycles. The van der Waals surface area contributed by atoms with E-state index in [0.717, 1.165) is 16.1 Å². The Balaban J connectivity index is 1.57. The molecule has 0 radical (unpaired) electrons. The molecule has 39 heavy (non-hydrogen) atoms. The molecule has 4 rings (SSSR count). The number of carboxylic acid groups (broad SMARTS) is 2. The average Bonchev–Trinajstić information content (AvgIpc) is 2.93. The third-order valence-electron chi connectivity index (χ3n) is 5.56. The highest BCUT2D eigenvalue weighted by molar-refractivity contribution is 9.10. The predicted molar refractivity (Wildman–Crippen MR) is 153 cm³/mol. The number of carbonyl (C=O) groups excluding carboxylic acids is 2. The van der Waals surface area contributed by atoms with E-state index in [2.05, 4.69) is 26.6 Å². The zero-order valence-corrected chi connectivity index (χ0v) is 22.5. The van der Waals surface area contributed by atoms with E-state index in [9.17, 15) is 24.3 Å². The number of aromatic carboxylic acids is 2. The standard InChI is InChI=1S/C29H21BrN2O6S/c30-23-11-4-5-12-24(23)32-27(34)25(17-7-2-1-3-8-17)39-20-10-6-9-19(16-20)31-26(33)21-14-13-18(28(35)36)15-22(21)29(37)38/h1-16,25H,(H,31,33)(H,32,34)(H,35,36)(H,37,38). The number of nitrogens with one attached hydrogen (secondary N) is 2. The summed E-state index contributed by atoms with van der Waals surface area (Å²) >= 11 is 4.73. The van der Waals surface area contributed by atoms with Crippen LogP contribution >= 0.6 is 27.7 Å². The van der Waals surface area contributed by atoms with Crippen LogP contribution < -0.4 is 10.6 Å². The minimum atomic E-state index is -1.42. The highest BCUT2D eigenvalue weighted by Gasteiger charge is 2.24. The van der Waals surface area contributed by atoms with Gasteiger partial charge in [-0.25, -0.2) is 9.59 Å². The molecule has 0 spiro atoms. The number of anilines is 2. The molecule has 4 aromatic rings. The Morgan fingerprint density at radius 3 is 2.13 bits per heavy atom. The molecule has 4 aromatic carbocycles. The molecule has 1 unspecified atom stereocenters. The number of thioether (sulfide) groups is 1. The Hall–Kier alpha value is -4.41. The van der Waals surface area contributed by atoms with Crippen LogP contribution in [0.2, 0.25) is 0 Å². The minimum Gasteiger partial charge on any atom is -0.478 e. The van der Waals surface area contributed by atoms with Gasteiger partial charge in [0.15, 0.2) is 0 Å². The summed E-state index contributed by atoms with van der Waals surface area (Å²) < 4.78 is 0.747. The van der Waals surface area contributed by atoms with Gasteiger partial charge in [0.1, 0.15) is 5.25 Å². The van der Waals surface area contributed by atoms with Crippen LogP contribution in [0.1, 0.15) is 41.9 Å². The van der Waals surface area contributed by atoms with Crippen molar-refractivity contribution in [3.8, 4) is 0 Å². The van der Waals surface area contributed by atoms with E-state index >= 15 is 0 Å². The van der Waals surface area contributed by atoms with Crippen LogP contribution in [0.4, 0.5) is 11.4 Å². The number of amides is 2. The number of para-hydroxylation sites is 1. The zero-order valence-electron chi connectivity index (χ0n) is 20.1. The van der Waals surface area contributed by atoms with Gasteiger partial charge in [-0.3, -0.25) is 9.59 Å². The molecule has 0 saturated heterocycles. The SMILES string of the molecule is O=C(O)c1ccc(C(=O)Nc2cccc(SC(C(=O)Nc3ccccc3Br)c3ccccc3)c2)c(C(=O)O)c1. The van der Waals surface area contributed by atoms with Gasteiger partial charge in [-0.2, -0.15) is 0 Å². The molecule has 0 bridgehead atoms. The van der Waals surface area contributed by atoms with Crippen LogP contribution in [0.5, 0.6) is 0 Å². The van der Waals surface area contributed by atoms with E-state index < -0.39 is 28.7 Å². The summed E-state index contributed by atoms with van der Waals surface area (Å²) in [5.74, 6) is -3.67. The molecule has 0 fully saturated rings. The fourth-order valence-electron chi connectivity index (χ4n) is 3.70. The van der Waals surface area contributed by atoms with E-state index in [-0.39, 0.29) is 17.0 Å². The van der Waals surface area contributed by atoms with Crippen molar-refractivity contribution in [1.29, 1.82) is 0 Å². The zero-order chi connectivity index (χ0) is 27.9. The maximum Gasteiger partial charge on any atom is 0.336 e. The fraction of sp³-hybridized carbons (Fsp3) is 0.0345. The maximum absolute atomic E-state index is 13.4. The van der Waals surface area contributed by atoms with Gasteiger partial charge in [0.05, 0.1) is 22.4 Å². The monoisotopic (exact) mass is 604 g/mol. The van der Waals surface area contributed by atoms with Crippen LogP contribution in [0, 0.1) is 0 Å². The Morgan fingerprint density at radius 2 is 1.44 bits per heavy atom. The molecule has 1 atom stereocenters. The summed E-state index contributed by atoms with van der Waals surface area (Å²) in [4.78, 5) is 49.9. The lowest BCUT2D eigenvalue weighted by molar-refractivity contribution is -0.115. The lowest BCUT2D eigenvalue weighted by Gasteiger charge is -2.18. The van der Waals surface area contributed by atoms with Crippen molar-refractivity contribution in [3.63, 3.8) is 0 Å². The smallest absolute Gasteiger partial charge is 0.336 e. The van der Waals surface area contributed by atoms with Gasteiger partial charge in [0.2, 0.25) is 5.91 Å². The van der Waals surface area contributed by atoms with E-state index in [4.69, 9.17) is 5.11 Å². The molecule has 4 N–H and O–H groups in total. The first-order chi connectivity index (χ1) is 18.7. The van der Waals surface area contributed by atoms with Gasteiger partial charge >= 0.3 is 11.9 Å². The van der Waals surface area contributed by atoms with Crippen molar-refractivity contribution in [2.24, 2.45) is 0 Å². The van der Waals surface area contributed by atoms with Crippen molar-refractivity contribution < 1.29 is 29.4 Å². The lowest BCUT2D eigenvalue weighted by Crippen LogP contribution is -2.19. The number of rotatable bonds is 9. The topological polar surface area (TPSA) is 133 Å². The molecule has 2 amide bonds. The number of hydrogen-bond donors (Lipinski definition) is 4. The average molecular weight is 605 g/mol. The molecule has 0 aromatic heterocycles. The van der Waals surface area contributed by atoms with Crippen molar-refractivity contribution in [2.75, 3.05) is 10.6 Å². The summed E-state index contributed by atoms with van der Waals surface area (Å²) in [6.45, 7) is 0. The summed E-state index contributed by atoms with van der Waals surface area (Å²) in [5, 5.41) is 23.6. The second-order valence-corrected chi connectivity index (χ2v) is 10.3. The molecule has 0 heterocycles. The highest BCUT2D eigenvalue weighted by atomic mass is 79.9. The van der Waals surface area contributed by atoms with Gasteiger partial charge in [-0.05, 0) is 70.0 Å². The molecule has 0 aliphatic heterocycles. The van der Waals surface area contributed by atoms with Gasteiger partial charge in [-0.1, -0.05) is 48.5 Å². The maximum atomic E-state index is 13.4. The Bertz CT molecular complexity index is 1560. The Kier molecular flexibility index (Phi) is 8.80. The Morgan fingerprint density at radius 1 is 0.718 bits per heavy atom. The number of halogens is 1. The molecule has 196 valence electrons. The first-order valence-electron chi connectivity index (χ1n) is 11.5. The molecule has 10 heteroatoms. The van der Waals surface area contributed by atoms with Crippen molar-refractivity contribution in [3.05, 3.63) is 124 Å². The van der Waals surface area contributed by atoms with Crippen molar-refractivity contribution in [2.45, 2.75) is 10.1 Å². The molecular formula is C29H21BrN2O6S. The van der Waals surface area contributed by atoms with E-state index in [1.807, 2.05) is 48.5 Å². The quantitative estimate of drug-likeness (QED) is 0.159. The lowest BCUT2D eigenvalue weighted by atomic mass is 10.0. The summed E-state index contributed by atoms with van der Waals surface area (Å²) in [7, 11) is 0. The van der Waals surface area contributed by atoms with Crippen LogP contribution in [-0.2, 0) is 4.79 Å². The first kappa shape index (κ1) is 27.6. The van der Waals surface area contributed by atoms with Crippen LogP contribution in [0.25, 0.3) is 0 Å². The first-order valence-corrected chi connectivity index (χ1v) is 13.2. The van der Waals surface area contributed by atoms with Crippen molar-refractivity contribution >= 4 is 62.8 Å².